The van der Waals surface area contributed by atoms with E-state index in [2.05, 4.69) is 43.7 Å². The quantitative estimate of drug-likeness (QED) is 0.417. The molecular weight excluding hydrogens is 438 g/mol. The molecule has 1 N–H and O–H groups in total. The van der Waals surface area contributed by atoms with Gasteiger partial charge in [-0.1, -0.05) is 12.1 Å². The van der Waals surface area contributed by atoms with Crippen LogP contribution in [0.4, 0.5) is 0 Å². The maximum Gasteiger partial charge on any atom is 0.268 e. The van der Waals surface area contributed by atoms with Gasteiger partial charge in [-0.15, -0.1) is 10.2 Å². The molecule has 35 heavy (non-hydrogen) atoms. The number of aryl methyl sites for hydroxylation is 1. The molecule has 8 heteroatoms. The Kier molecular flexibility index (Phi) is 6.10. The molecule has 4 heterocycles. The Morgan fingerprint density at radius 1 is 1.03 bits per heavy atom. The van der Waals surface area contributed by atoms with Gasteiger partial charge in [-0.2, -0.15) is 5.26 Å². The Bertz CT molecular complexity index is 1390. The topological polar surface area (TPSA) is 113 Å². The van der Waals surface area contributed by atoms with Crippen molar-refractivity contribution in [2.75, 3.05) is 13.1 Å². The number of benzene rings is 1. The van der Waals surface area contributed by atoms with Crippen molar-refractivity contribution in [3.05, 3.63) is 65.7 Å². The second-order valence-electron chi connectivity index (χ2n) is 9.41. The summed E-state index contributed by atoms with van der Waals surface area (Å²) in [5.74, 6) is 1.36. The number of hydrogen-bond donors (Lipinski definition) is 1. The van der Waals surface area contributed by atoms with Crippen molar-refractivity contribution in [2.45, 2.75) is 44.9 Å². The third-order valence-electron chi connectivity index (χ3n) is 6.53. The van der Waals surface area contributed by atoms with E-state index in [0.717, 1.165) is 37.1 Å². The van der Waals surface area contributed by atoms with Crippen molar-refractivity contribution >= 4 is 0 Å². The Morgan fingerprint density at radius 2 is 1.77 bits per heavy atom. The number of piperidine rings is 1. The van der Waals surface area contributed by atoms with E-state index in [1.807, 2.05) is 45.0 Å². The molecule has 1 aromatic carbocycles. The molecule has 1 aliphatic rings. The van der Waals surface area contributed by atoms with Crippen molar-refractivity contribution in [2.24, 2.45) is 0 Å². The summed E-state index contributed by atoms with van der Waals surface area (Å²) in [6, 6.07) is 14.4. The van der Waals surface area contributed by atoms with E-state index in [0.29, 0.717) is 40.5 Å². The van der Waals surface area contributed by atoms with Crippen LogP contribution in [0.1, 0.15) is 52.4 Å². The average Bonchev–Trinajstić information content (AvgIpc) is 3.40. The molecule has 0 atom stereocenters. The van der Waals surface area contributed by atoms with Gasteiger partial charge in [0.25, 0.3) is 5.89 Å². The second kappa shape index (κ2) is 9.35. The first kappa shape index (κ1) is 22.8. The highest BCUT2D eigenvalue weighted by atomic mass is 16.4. The Morgan fingerprint density at radius 3 is 2.51 bits per heavy atom. The molecule has 0 saturated carbocycles. The highest BCUT2D eigenvalue weighted by Gasteiger charge is 2.23. The van der Waals surface area contributed by atoms with E-state index in [1.54, 1.807) is 12.4 Å². The van der Waals surface area contributed by atoms with E-state index < -0.39 is 5.41 Å². The summed E-state index contributed by atoms with van der Waals surface area (Å²) < 4.78 is 6.02. The molecule has 180 valence electrons. The van der Waals surface area contributed by atoms with Crippen LogP contribution in [0.5, 0.6) is 0 Å². The third kappa shape index (κ3) is 4.68. The molecule has 1 fully saturated rings. The smallest absolute Gasteiger partial charge is 0.268 e. The van der Waals surface area contributed by atoms with Crippen LogP contribution in [0.15, 0.2) is 53.2 Å². The summed E-state index contributed by atoms with van der Waals surface area (Å²) in [4.78, 5) is 13.6. The normalized spacial score (nSPS) is 14.6. The standard InChI is InChI=1S/C27H27N7O.2H2/c1-17-24(32-22(15-31-17)21-10-13-30-23(14-21)27(2,3)16-28)26-34-33-25(35-26)20-6-4-18(5-7-20)19-8-11-29-12-9-19;;/h4-7,10,13-15,19,29H,8-9,11-12H2,1-3H3;2*1H. The van der Waals surface area contributed by atoms with Gasteiger partial charge in [0, 0.05) is 20.2 Å². The second-order valence-corrected chi connectivity index (χ2v) is 9.41. The van der Waals surface area contributed by atoms with Crippen molar-refractivity contribution < 1.29 is 7.27 Å². The highest BCUT2D eigenvalue weighted by molar-refractivity contribution is 5.64. The number of pyridine rings is 1. The molecule has 8 nitrogen and oxygen atoms in total. The summed E-state index contributed by atoms with van der Waals surface area (Å²) in [5, 5.41) is 21.4. The zero-order valence-corrected chi connectivity index (χ0v) is 20.1. The van der Waals surface area contributed by atoms with Crippen molar-refractivity contribution in [1.29, 1.82) is 5.26 Å². The molecule has 4 aromatic rings. The first-order chi connectivity index (χ1) is 16.9. The first-order valence-electron chi connectivity index (χ1n) is 11.8. The minimum atomic E-state index is -0.707. The van der Waals surface area contributed by atoms with Crippen LogP contribution in [-0.4, -0.2) is 38.2 Å². The number of nitrogens with one attached hydrogen (secondary N) is 1. The number of aromatic nitrogens is 5. The van der Waals surface area contributed by atoms with Gasteiger partial charge >= 0.3 is 0 Å². The third-order valence-corrected chi connectivity index (χ3v) is 6.53. The first-order valence-corrected chi connectivity index (χ1v) is 11.8. The van der Waals surface area contributed by atoms with Crippen LogP contribution in [0.2, 0.25) is 0 Å². The van der Waals surface area contributed by atoms with Crippen LogP contribution in [0.3, 0.4) is 0 Å². The van der Waals surface area contributed by atoms with Gasteiger partial charge < -0.3 is 9.73 Å². The van der Waals surface area contributed by atoms with E-state index in [4.69, 9.17) is 9.40 Å². The fourth-order valence-corrected chi connectivity index (χ4v) is 4.27. The van der Waals surface area contributed by atoms with Crippen LogP contribution >= 0.6 is 0 Å². The lowest BCUT2D eigenvalue weighted by atomic mass is 9.90. The van der Waals surface area contributed by atoms with Gasteiger partial charge in [-0.3, -0.25) is 9.97 Å². The molecule has 1 saturated heterocycles. The van der Waals surface area contributed by atoms with Crippen LogP contribution < -0.4 is 5.32 Å². The summed E-state index contributed by atoms with van der Waals surface area (Å²) in [5.41, 5.74) is 4.88. The van der Waals surface area contributed by atoms with E-state index in [9.17, 15) is 5.26 Å². The maximum atomic E-state index is 9.47. The fourth-order valence-electron chi connectivity index (χ4n) is 4.27. The number of rotatable bonds is 5. The average molecular weight is 470 g/mol. The van der Waals surface area contributed by atoms with Crippen molar-refractivity contribution in [3.8, 4) is 40.4 Å². The number of nitriles is 1. The SMILES string of the molecule is Cc1ncc(-c2ccnc(C(C)(C)C#N)c2)nc1-c1nnc(-c2ccc(C3CCNCC3)cc2)o1.[HH].[HH]. The van der Waals surface area contributed by atoms with E-state index >= 15 is 0 Å². The molecule has 0 bridgehead atoms. The summed E-state index contributed by atoms with van der Waals surface area (Å²) >= 11 is 0. The monoisotopic (exact) mass is 469 g/mol. The van der Waals surface area contributed by atoms with Gasteiger partial charge in [0.1, 0.15) is 5.69 Å². The molecule has 5 rings (SSSR count). The van der Waals surface area contributed by atoms with E-state index in [1.165, 1.54) is 5.56 Å². The predicted octanol–water partition coefficient (Wildman–Crippen LogP) is 5.32. The summed E-state index contributed by atoms with van der Waals surface area (Å²) in [6.07, 6.45) is 5.70. The molecule has 0 aliphatic carbocycles. The molecule has 3 aromatic heterocycles. The lowest BCUT2D eigenvalue weighted by Crippen LogP contribution is -2.26. The minimum absolute atomic E-state index is 0. The zero-order valence-electron chi connectivity index (χ0n) is 20.1. The molecule has 0 spiro atoms. The predicted molar refractivity (Wildman–Crippen MR) is 136 cm³/mol. The number of nitrogens with zero attached hydrogens (tertiary/aromatic N) is 6. The van der Waals surface area contributed by atoms with Gasteiger partial charge in [-0.25, -0.2) is 4.98 Å². The summed E-state index contributed by atoms with van der Waals surface area (Å²) in [6.45, 7) is 7.67. The van der Waals surface area contributed by atoms with Gasteiger partial charge in [0.2, 0.25) is 5.89 Å². The Labute approximate surface area is 207 Å². The zero-order chi connectivity index (χ0) is 24.4. The Hall–Kier alpha value is -3.96. The fraction of sp³-hybridized carbons (Fsp3) is 0.333. The van der Waals surface area contributed by atoms with Gasteiger partial charge in [0.05, 0.1) is 34.8 Å². The maximum absolute atomic E-state index is 9.47. The highest BCUT2D eigenvalue weighted by Crippen LogP contribution is 2.30. The van der Waals surface area contributed by atoms with Gasteiger partial charge in [0.15, 0.2) is 0 Å². The Balaban J connectivity index is 0.00000190. The molecule has 0 radical (unpaired) electrons. The number of hydrogen-bond acceptors (Lipinski definition) is 8. The largest absolute Gasteiger partial charge is 0.415 e. The van der Waals surface area contributed by atoms with Crippen LogP contribution in [-0.2, 0) is 5.41 Å². The van der Waals surface area contributed by atoms with Gasteiger partial charge in [-0.05, 0) is 82.4 Å². The molecular formula is C27H31N7O. The summed E-state index contributed by atoms with van der Waals surface area (Å²) in [7, 11) is 0. The van der Waals surface area contributed by atoms with Crippen LogP contribution in [0, 0.1) is 18.3 Å². The van der Waals surface area contributed by atoms with Crippen molar-refractivity contribution in [1.82, 2.24) is 30.5 Å². The molecule has 0 amide bonds. The van der Waals surface area contributed by atoms with E-state index in [-0.39, 0.29) is 2.85 Å². The lowest BCUT2D eigenvalue weighted by molar-refractivity contribution is 0.460. The van der Waals surface area contributed by atoms with Crippen LogP contribution in [0.25, 0.3) is 34.3 Å². The molecule has 1 aliphatic heterocycles. The lowest BCUT2D eigenvalue weighted by Gasteiger charge is -2.22. The molecule has 0 unspecified atom stereocenters. The van der Waals surface area contributed by atoms with Crippen molar-refractivity contribution in [3.63, 3.8) is 0 Å². The minimum Gasteiger partial charge on any atom is -0.415 e.